The molecule has 3 aromatic heterocycles. The van der Waals surface area contributed by atoms with Gasteiger partial charge >= 0.3 is 0 Å². The van der Waals surface area contributed by atoms with Gasteiger partial charge in [-0.15, -0.1) is 0 Å². The molecule has 4 nitrogen and oxygen atoms in total. The summed E-state index contributed by atoms with van der Waals surface area (Å²) in [4.78, 5) is 6.18. The zero-order valence-corrected chi connectivity index (χ0v) is 41.3. The topological polar surface area (TPSA) is 35.4 Å². The van der Waals surface area contributed by atoms with Gasteiger partial charge in [0.05, 0.1) is 39.2 Å². The summed E-state index contributed by atoms with van der Waals surface area (Å²) in [6.45, 7) is 2.37. The highest BCUT2D eigenvalue weighted by Crippen LogP contribution is 2.48. The number of fused-ring (bicyclic) bond motifs is 17. The first-order valence-electron chi connectivity index (χ1n) is 26.2. The number of benzene rings is 11. The van der Waals surface area contributed by atoms with Gasteiger partial charge < -0.3 is 13.6 Å². The highest BCUT2D eigenvalue weighted by molar-refractivity contribution is 6.23. The Hall–Kier alpha value is -9.51. The van der Waals surface area contributed by atoms with Gasteiger partial charge in [0.1, 0.15) is 11.2 Å². The van der Waals surface area contributed by atoms with Crippen LogP contribution in [0.4, 0.5) is 0 Å². The summed E-state index contributed by atoms with van der Waals surface area (Å²) in [7, 11) is 0. The van der Waals surface area contributed by atoms with Crippen molar-refractivity contribution < 1.29 is 4.42 Å². The molecule has 0 amide bonds. The van der Waals surface area contributed by atoms with Gasteiger partial charge in [-0.2, -0.15) is 0 Å². The lowest BCUT2D eigenvalue weighted by Gasteiger charge is -2.25. The van der Waals surface area contributed by atoms with E-state index in [4.69, 9.17) is 9.41 Å². The number of aromatic nitrogens is 2. The van der Waals surface area contributed by atoms with Crippen molar-refractivity contribution in [1.82, 2.24) is 9.13 Å². The predicted octanol–water partition coefficient (Wildman–Crippen LogP) is 18.6. The van der Waals surface area contributed by atoms with E-state index >= 15 is 0 Å². The first kappa shape index (κ1) is 42.0. The molecule has 2 aliphatic heterocycles. The van der Waals surface area contributed by atoms with Crippen molar-refractivity contribution in [2.24, 2.45) is 10.9 Å². The second-order valence-electron chi connectivity index (χ2n) is 20.6. The number of aliphatic imine (C=N–C) groups is 1. The van der Waals surface area contributed by atoms with Crippen LogP contribution in [0.5, 0.6) is 0 Å². The number of hydrogen-bond donors (Lipinski definition) is 0. The van der Waals surface area contributed by atoms with Crippen molar-refractivity contribution >= 4 is 104 Å². The lowest BCUT2D eigenvalue weighted by Crippen LogP contribution is -2.16. The van der Waals surface area contributed by atoms with Crippen LogP contribution in [-0.4, -0.2) is 14.8 Å². The number of furan rings is 1. The van der Waals surface area contributed by atoms with E-state index < -0.39 is 0 Å². The molecule has 1 unspecified atom stereocenters. The van der Waals surface area contributed by atoms with Crippen LogP contribution in [0, 0.1) is 5.92 Å². The highest BCUT2D eigenvalue weighted by atomic mass is 16.3. The lowest BCUT2D eigenvalue weighted by atomic mass is 9.83. The second-order valence-corrected chi connectivity index (χ2v) is 20.6. The van der Waals surface area contributed by atoms with Crippen LogP contribution in [0.25, 0.3) is 121 Å². The lowest BCUT2D eigenvalue weighted by molar-refractivity contribution is 0.669. The van der Waals surface area contributed by atoms with Gasteiger partial charge in [0.25, 0.3) is 0 Å². The largest absolute Gasteiger partial charge is 0.456 e. The standard InChI is InChI=1S/C71H47N3O/c1-43-27-34-53-58-41-60-67(75-66-36-33-47-17-10-11-22-52(47)69(60)66)42-65(58)74-63-38-44(28-35-54(63)57-39-49-18-8-9-19-50(49)40-64(57)74)37-59(53)71(48-31-29-46(30-32-48)45-15-4-2-5-16-45)72-70(43)56-24-14-26-62-68(56)55-23-12-13-25-61(55)73(62)51-20-6-3-7-21-51/h2-26,28-36,38-43H,27,37H2,1H3/b53-34?,71-59-,72-70?. The normalized spacial score (nSPS) is 15.8. The van der Waals surface area contributed by atoms with Crippen LogP contribution in [0.15, 0.2) is 252 Å². The molecule has 0 saturated carbocycles. The minimum atomic E-state index is 0.0483. The van der Waals surface area contributed by atoms with Gasteiger partial charge in [-0.05, 0) is 110 Å². The molecule has 0 aliphatic carbocycles. The molecule has 5 heterocycles. The molecule has 0 fully saturated rings. The van der Waals surface area contributed by atoms with E-state index in [0.717, 1.165) is 56.7 Å². The maximum Gasteiger partial charge on any atom is 0.137 e. The minimum Gasteiger partial charge on any atom is -0.456 e. The van der Waals surface area contributed by atoms with Crippen molar-refractivity contribution in [2.75, 3.05) is 0 Å². The quantitative estimate of drug-likeness (QED) is 0.173. The van der Waals surface area contributed by atoms with E-state index in [2.05, 4.69) is 253 Å². The maximum absolute atomic E-state index is 6.97. The fourth-order valence-electron chi connectivity index (χ4n) is 12.8. The molecule has 0 spiro atoms. The number of para-hydroxylation sites is 2. The summed E-state index contributed by atoms with van der Waals surface area (Å²) in [5.41, 5.74) is 20.2. The molecule has 11 aromatic carbocycles. The molecule has 2 aliphatic rings. The molecule has 0 radical (unpaired) electrons. The first-order valence-corrected chi connectivity index (χ1v) is 26.2. The third-order valence-corrected chi connectivity index (χ3v) is 16.3. The Morgan fingerprint density at radius 3 is 1.97 bits per heavy atom. The van der Waals surface area contributed by atoms with Gasteiger partial charge in [0.15, 0.2) is 0 Å². The Balaban J connectivity index is 1.03. The summed E-state index contributed by atoms with van der Waals surface area (Å²) in [5, 5.41) is 12.0. The van der Waals surface area contributed by atoms with Crippen molar-refractivity contribution in [2.45, 2.75) is 19.8 Å². The number of rotatable bonds is 4. The monoisotopic (exact) mass is 957 g/mol. The first-order chi connectivity index (χ1) is 37.1. The van der Waals surface area contributed by atoms with Crippen LogP contribution < -0.4 is 0 Å². The van der Waals surface area contributed by atoms with Gasteiger partial charge in [0.2, 0.25) is 0 Å². The summed E-state index contributed by atoms with van der Waals surface area (Å²) >= 11 is 0. The van der Waals surface area contributed by atoms with Gasteiger partial charge in [0, 0.05) is 73.1 Å². The minimum absolute atomic E-state index is 0.0483. The summed E-state index contributed by atoms with van der Waals surface area (Å²) < 4.78 is 11.9. The molecule has 352 valence electrons. The Morgan fingerprint density at radius 2 is 1.13 bits per heavy atom. The molecule has 14 aromatic rings. The second kappa shape index (κ2) is 16.2. The zero-order valence-electron chi connectivity index (χ0n) is 41.3. The molecule has 16 rings (SSSR count). The SMILES string of the molecule is CC1CC=C2/C(=C(/c3ccc(-c4ccccc4)cc3)N=C1c1cccc3c1c1ccccc1n3-c1ccccc1)Cc1ccc3c4cc5ccccc5cc4n(c3c1)-c1cc3oc4ccc5ccccc5c4c3cc12. The molecular weight excluding hydrogens is 911 g/mol. The van der Waals surface area contributed by atoms with Gasteiger partial charge in [-0.1, -0.05) is 183 Å². The molecular formula is C71H47N3O. The van der Waals surface area contributed by atoms with E-state index in [9.17, 15) is 0 Å². The summed E-state index contributed by atoms with van der Waals surface area (Å²) in [5.74, 6) is 0.0483. The Kier molecular flexibility index (Phi) is 9.11. The third-order valence-electron chi connectivity index (χ3n) is 16.3. The number of nitrogens with zero attached hydrogens (tertiary/aromatic N) is 3. The molecule has 2 bridgehead atoms. The Labute approximate surface area is 433 Å². The zero-order chi connectivity index (χ0) is 49.3. The number of hydrogen-bond acceptors (Lipinski definition) is 2. The van der Waals surface area contributed by atoms with Crippen LogP contribution in [-0.2, 0) is 6.42 Å². The van der Waals surface area contributed by atoms with Gasteiger partial charge in [-0.3, -0.25) is 4.99 Å². The summed E-state index contributed by atoms with van der Waals surface area (Å²) in [6, 6.07) is 84.8. The van der Waals surface area contributed by atoms with Crippen LogP contribution in [0.1, 0.15) is 35.6 Å². The molecule has 0 saturated heterocycles. The Morgan fingerprint density at radius 1 is 0.440 bits per heavy atom. The fourth-order valence-corrected chi connectivity index (χ4v) is 12.8. The molecule has 4 heteroatoms. The predicted molar refractivity (Wildman–Crippen MR) is 315 cm³/mol. The smallest absolute Gasteiger partial charge is 0.137 e. The fraction of sp³-hybridized carbons (Fsp3) is 0.0563. The van der Waals surface area contributed by atoms with Crippen molar-refractivity contribution in [3.8, 4) is 22.5 Å². The van der Waals surface area contributed by atoms with Crippen molar-refractivity contribution in [3.05, 3.63) is 264 Å². The average molecular weight is 958 g/mol. The van der Waals surface area contributed by atoms with E-state index in [1.165, 1.54) is 104 Å². The highest BCUT2D eigenvalue weighted by Gasteiger charge is 2.30. The molecule has 0 N–H and O–H groups in total. The van der Waals surface area contributed by atoms with Crippen molar-refractivity contribution in [3.63, 3.8) is 0 Å². The number of allylic oxidation sites excluding steroid dienone is 3. The van der Waals surface area contributed by atoms with Crippen molar-refractivity contribution in [1.29, 1.82) is 0 Å². The van der Waals surface area contributed by atoms with E-state index in [1.54, 1.807) is 0 Å². The van der Waals surface area contributed by atoms with Crippen LogP contribution in [0.3, 0.4) is 0 Å². The van der Waals surface area contributed by atoms with E-state index in [1.807, 2.05) is 0 Å². The van der Waals surface area contributed by atoms with Crippen LogP contribution >= 0.6 is 0 Å². The molecule has 75 heavy (non-hydrogen) atoms. The third kappa shape index (κ3) is 6.39. The summed E-state index contributed by atoms with van der Waals surface area (Å²) in [6.07, 6.45) is 4.01. The van der Waals surface area contributed by atoms with E-state index in [-0.39, 0.29) is 5.92 Å². The van der Waals surface area contributed by atoms with Gasteiger partial charge in [-0.25, -0.2) is 0 Å². The molecule has 1 atom stereocenters. The maximum atomic E-state index is 6.97. The van der Waals surface area contributed by atoms with Crippen LogP contribution in [0.2, 0.25) is 0 Å². The van der Waals surface area contributed by atoms with E-state index in [0.29, 0.717) is 6.42 Å². The Bertz CT molecular complexity index is 4810. The average Bonchev–Trinajstić information content (AvgIpc) is 4.21.